The van der Waals surface area contributed by atoms with Gasteiger partial charge in [0.15, 0.2) is 0 Å². The minimum absolute atomic E-state index is 0.258. The molecule has 0 unspecified atom stereocenters. The number of alkyl halides is 3. The Morgan fingerprint density at radius 3 is 2.44 bits per heavy atom. The summed E-state index contributed by atoms with van der Waals surface area (Å²) in [5, 5.41) is 0. The van der Waals surface area contributed by atoms with Gasteiger partial charge in [-0.25, -0.2) is 4.79 Å². The van der Waals surface area contributed by atoms with Crippen molar-refractivity contribution in [2.75, 3.05) is 13.2 Å². The van der Waals surface area contributed by atoms with Crippen LogP contribution in [-0.4, -0.2) is 37.3 Å². The van der Waals surface area contributed by atoms with E-state index in [9.17, 15) is 22.8 Å². The van der Waals surface area contributed by atoms with Crippen molar-refractivity contribution in [3.8, 4) is 0 Å². The van der Waals surface area contributed by atoms with Gasteiger partial charge in [-0.15, -0.1) is 5.48 Å². The number of hydroxylamine groups is 1. The largest absolute Gasteiger partial charge is 0.492 e. The topological polar surface area (TPSA) is 90.7 Å². The summed E-state index contributed by atoms with van der Waals surface area (Å²) in [5.74, 6) is -3.07. The Balaban J connectivity index is 3.56. The molecule has 0 radical (unpaired) electrons. The molecule has 3 N–H and O–H groups in total. The predicted octanol–water partition coefficient (Wildman–Crippen LogP) is -0.513. The molecule has 0 heterocycles. The number of ether oxygens (including phenoxy) is 1. The normalized spacial score (nSPS) is 13.1. The van der Waals surface area contributed by atoms with Crippen LogP contribution in [0.2, 0.25) is 0 Å². The molecule has 0 saturated carbocycles. The average molecular weight is 244 g/mol. The number of nitrogens with two attached hydrogens (primary N) is 1. The Hall–Kier alpha value is -1.35. The van der Waals surface area contributed by atoms with Crippen LogP contribution in [-0.2, 0) is 19.2 Å². The third-order valence-electron chi connectivity index (χ3n) is 1.22. The minimum atomic E-state index is -5.06. The van der Waals surface area contributed by atoms with Gasteiger partial charge in [-0.2, -0.15) is 13.2 Å². The molecule has 0 aromatic rings. The summed E-state index contributed by atoms with van der Waals surface area (Å²) in [7, 11) is 0. The average Bonchev–Trinajstić information content (AvgIpc) is 2.14. The van der Waals surface area contributed by atoms with Gasteiger partial charge >= 0.3 is 18.1 Å². The first-order valence-electron chi connectivity index (χ1n) is 4.18. The van der Waals surface area contributed by atoms with E-state index in [4.69, 9.17) is 5.73 Å². The Bertz CT molecular complexity index is 255. The molecule has 94 valence electrons. The van der Waals surface area contributed by atoms with E-state index in [1.807, 2.05) is 0 Å². The molecule has 6 nitrogen and oxygen atoms in total. The van der Waals surface area contributed by atoms with Crippen molar-refractivity contribution < 1.29 is 32.3 Å². The number of carbonyl (C=O) groups excluding carboxylic acids is 2. The molecule has 0 spiro atoms. The highest BCUT2D eigenvalue weighted by molar-refractivity contribution is 5.75. The summed E-state index contributed by atoms with van der Waals surface area (Å²) in [6, 6.07) is -0.822. The zero-order valence-electron chi connectivity index (χ0n) is 8.34. The van der Waals surface area contributed by atoms with Crippen LogP contribution in [0.3, 0.4) is 0 Å². The molecule has 16 heavy (non-hydrogen) atoms. The van der Waals surface area contributed by atoms with Crippen LogP contribution in [0.5, 0.6) is 0 Å². The molecule has 0 saturated heterocycles. The van der Waals surface area contributed by atoms with Crippen molar-refractivity contribution in [3.63, 3.8) is 0 Å². The molecule has 0 aromatic heterocycles. The van der Waals surface area contributed by atoms with E-state index in [0.717, 1.165) is 0 Å². The van der Waals surface area contributed by atoms with Gasteiger partial charge in [-0.3, -0.25) is 4.79 Å². The zero-order valence-corrected chi connectivity index (χ0v) is 8.34. The van der Waals surface area contributed by atoms with Gasteiger partial charge in [0.2, 0.25) is 0 Å². The summed E-state index contributed by atoms with van der Waals surface area (Å²) in [6.07, 6.45) is -5.06. The highest BCUT2D eigenvalue weighted by atomic mass is 19.4. The van der Waals surface area contributed by atoms with Crippen LogP contribution in [0.25, 0.3) is 0 Å². The molecule has 1 atom stereocenters. The highest BCUT2D eigenvalue weighted by Crippen LogP contribution is 2.15. The monoisotopic (exact) mass is 244 g/mol. The Morgan fingerprint density at radius 2 is 2.00 bits per heavy atom. The predicted molar refractivity (Wildman–Crippen MR) is 44.8 cm³/mol. The lowest BCUT2D eigenvalue weighted by Gasteiger charge is -2.09. The third kappa shape index (κ3) is 6.19. The summed E-state index contributed by atoms with van der Waals surface area (Å²) in [6.45, 7) is 0.866. The fraction of sp³-hybridized carbons (Fsp3) is 0.714. The fourth-order valence-corrected chi connectivity index (χ4v) is 0.499. The molecule has 9 heteroatoms. The second kappa shape index (κ2) is 6.28. The number of esters is 1. The quantitative estimate of drug-likeness (QED) is 0.384. The molecule has 0 fully saturated rings. The summed E-state index contributed by atoms with van der Waals surface area (Å²) in [5.41, 5.74) is 6.83. The number of halogens is 3. The SMILES string of the molecule is C[C@@H](N)C(=O)OCCNOC(=O)C(F)(F)F. The number of rotatable bonds is 5. The van der Waals surface area contributed by atoms with Crippen molar-refractivity contribution >= 4 is 11.9 Å². The fourth-order valence-electron chi connectivity index (χ4n) is 0.499. The second-order valence-electron chi connectivity index (χ2n) is 2.74. The van der Waals surface area contributed by atoms with E-state index in [2.05, 4.69) is 9.57 Å². The first-order chi connectivity index (χ1) is 7.25. The van der Waals surface area contributed by atoms with Crippen molar-refractivity contribution in [2.24, 2.45) is 5.73 Å². The zero-order chi connectivity index (χ0) is 12.8. The Morgan fingerprint density at radius 1 is 1.44 bits per heavy atom. The third-order valence-corrected chi connectivity index (χ3v) is 1.22. The van der Waals surface area contributed by atoms with E-state index in [1.165, 1.54) is 6.92 Å². The van der Waals surface area contributed by atoms with Crippen LogP contribution in [0.1, 0.15) is 6.92 Å². The summed E-state index contributed by atoms with van der Waals surface area (Å²) >= 11 is 0. The Labute approximate surface area is 88.8 Å². The van der Waals surface area contributed by atoms with E-state index in [0.29, 0.717) is 0 Å². The van der Waals surface area contributed by atoms with Gasteiger partial charge in [0.1, 0.15) is 12.6 Å². The second-order valence-corrected chi connectivity index (χ2v) is 2.74. The minimum Gasteiger partial charge on any atom is -0.463 e. The smallest absolute Gasteiger partial charge is 0.463 e. The molecule has 0 amide bonds. The number of hydrogen-bond acceptors (Lipinski definition) is 6. The lowest BCUT2D eigenvalue weighted by molar-refractivity contribution is -0.207. The summed E-state index contributed by atoms with van der Waals surface area (Å²) < 4.78 is 39.2. The molecule has 0 aromatic carbocycles. The molecule has 0 bridgehead atoms. The van der Waals surface area contributed by atoms with E-state index in [1.54, 1.807) is 5.48 Å². The van der Waals surface area contributed by atoms with Crippen molar-refractivity contribution in [1.82, 2.24) is 5.48 Å². The van der Waals surface area contributed by atoms with Gasteiger partial charge in [0.25, 0.3) is 0 Å². The molecule has 0 aliphatic rings. The summed E-state index contributed by atoms with van der Waals surface area (Å²) in [4.78, 5) is 24.5. The van der Waals surface area contributed by atoms with Crippen LogP contribution in [0.15, 0.2) is 0 Å². The molecule has 0 aliphatic carbocycles. The van der Waals surface area contributed by atoms with Gasteiger partial charge < -0.3 is 15.3 Å². The maximum Gasteiger partial charge on any atom is 0.492 e. The maximum absolute atomic E-state index is 11.6. The molecule has 0 aliphatic heterocycles. The maximum atomic E-state index is 11.6. The first kappa shape index (κ1) is 14.6. The van der Waals surface area contributed by atoms with Gasteiger partial charge in [0, 0.05) is 0 Å². The van der Waals surface area contributed by atoms with E-state index >= 15 is 0 Å². The van der Waals surface area contributed by atoms with Crippen molar-refractivity contribution in [2.45, 2.75) is 19.1 Å². The Kier molecular flexibility index (Phi) is 5.75. The van der Waals surface area contributed by atoms with Gasteiger partial charge in [-0.1, -0.05) is 0 Å². The number of carbonyl (C=O) groups is 2. The highest BCUT2D eigenvalue weighted by Gasteiger charge is 2.41. The number of nitrogens with one attached hydrogen (secondary N) is 1. The van der Waals surface area contributed by atoms with Crippen LogP contribution in [0.4, 0.5) is 13.2 Å². The van der Waals surface area contributed by atoms with Gasteiger partial charge in [0.05, 0.1) is 6.54 Å². The van der Waals surface area contributed by atoms with E-state index < -0.39 is 24.2 Å². The van der Waals surface area contributed by atoms with Crippen LogP contribution in [0, 0.1) is 0 Å². The molecule has 0 rings (SSSR count). The van der Waals surface area contributed by atoms with E-state index in [-0.39, 0.29) is 13.2 Å². The van der Waals surface area contributed by atoms with Crippen molar-refractivity contribution in [3.05, 3.63) is 0 Å². The standard InChI is InChI=1S/C7H11F3N2O4/c1-4(11)5(13)15-3-2-12-16-6(14)7(8,9)10/h4,12H,2-3,11H2,1H3/t4-/m1/s1. The molecular weight excluding hydrogens is 233 g/mol. The lowest BCUT2D eigenvalue weighted by atomic mass is 10.4. The van der Waals surface area contributed by atoms with Crippen LogP contribution < -0.4 is 11.2 Å². The lowest BCUT2D eigenvalue weighted by Crippen LogP contribution is -2.34. The van der Waals surface area contributed by atoms with Crippen LogP contribution >= 0.6 is 0 Å². The number of hydrogen-bond donors (Lipinski definition) is 2. The van der Waals surface area contributed by atoms with Gasteiger partial charge in [-0.05, 0) is 6.92 Å². The van der Waals surface area contributed by atoms with Crippen molar-refractivity contribution in [1.29, 1.82) is 0 Å². The first-order valence-corrected chi connectivity index (χ1v) is 4.18. The molecular formula is C7H11F3N2O4.